The van der Waals surface area contributed by atoms with Gasteiger partial charge in [-0.1, -0.05) is 12.1 Å². The fraction of sp³-hybridized carbons (Fsp3) is 0.188. The Morgan fingerprint density at radius 3 is 2.83 bits per heavy atom. The molecule has 0 aromatic carbocycles. The molecular weight excluding hydrogens is 360 g/mol. The molecule has 0 unspecified atom stereocenters. The van der Waals surface area contributed by atoms with Gasteiger partial charge in [0.15, 0.2) is 5.82 Å². The molecule has 4 aromatic rings. The van der Waals surface area contributed by atoms with Gasteiger partial charge >= 0.3 is 0 Å². The van der Waals surface area contributed by atoms with Crippen molar-refractivity contribution in [3.8, 4) is 10.7 Å². The summed E-state index contributed by atoms with van der Waals surface area (Å²) in [6, 6.07) is 7.97. The van der Waals surface area contributed by atoms with Gasteiger partial charge in [-0.15, -0.1) is 39.1 Å². The average Bonchev–Trinajstić information content (AvgIpc) is 3.33. The predicted molar refractivity (Wildman–Crippen MR) is 98.9 cm³/mol. The molecule has 0 fully saturated rings. The van der Waals surface area contributed by atoms with Gasteiger partial charge in [0, 0.05) is 23.2 Å². The summed E-state index contributed by atoms with van der Waals surface area (Å²) in [6.45, 7) is 0.601. The van der Waals surface area contributed by atoms with E-state index in [0.717, 1.165) is 32.7 Å². The summed E-state index contributed by atoms with van der Waals surface area (Å²) in [5, 5.41) is 13.6. The first-order chi connectivity index (χ1) is 11.8. The molecule has 1 amide bonds. The van der Waals surface area contributed by atoms with Crippen LogP contribution in [-0.2, 0) is 17.6 Å². The van der Waals surface area contributed by atoms with Crippen molar-refractivity contribution in [1.29, 1.82) is 0 Å². The Bertz CT molecular complexity index is 938. The van der Waals surface area contributed by atoms with Crippen molar-refractivity contribution in [2.24, 2.45) is 0 Å². The summed E-state index contributed by atoms with van der Waals surface area (Å²) in [5.74, 6) is 0.821. The first kappa shape index (κ1) is 15.5. The molecule has 0 saturated carbocycles. The fourth-order valence-corrected chi connectivity index (χ4v) is 4.58. The lowest BCUT2D eigenvalue weighted by Gasteiger charge is -2.03. The van der Waals surface area contributed by atoms with Gasteiger partial charge in [0.25, 0.3) is 0 Å². The zero-order chi connectivity index (χ0) is 16.4. The van der Waals surface area contributed by atoms with Crippen LogP contribution >= 0.6 is 34.0 Å². The number of hydrogen-bond acceptors (Lipinski definition) is 6. The van der Waals surface area contributed by atoms with Crippen LogP contribution in [0.15, 0.2) is 40.4 Å². The Morgan fingerprint density at radius 2 is 2.04 bits per heavy atom. The SMILES string of the molecule is O=C(Cc1cccs1)NCCc1csc2nc(-c3cccs3)nn12. The van der Waals surface area contributed by atoms with Gasteiger partial charge in [0.1, 0.15) is 0 Å². The molecule has 122 valence electrons. The molecule has 0 aliphatic rings. The maximum Gasteiger partial charge on any atom is 0.225 e. The summed E-state index contributed by atoms with van der Waals surface area (Å²) in [6.07, 6.45) is 1.19. The molecule has 0 aliphatic carbocycles. The van der Waals surface area contributed by atoms with Crippen molar-refractivity contribution in [2.75, 3.05) is 6.54 Å². The predicted octanol–water partition coefficient (Wildman–Crippen LogP) is 3.48. The number of nitrogens with zero attached hydrogens (tertiary/aromatic N) is 3. The molecule has 4 aromatic heterocycles. The molecule has 0 aliphatic heterocycles. The van der Waals surface area contributed by atoms with Crippen LogP contribution in [0.25, 0.3) is 15.7 Å². The van der Waals surface area contributed by atoms with Crippen LogP contribution in [0, 0.1) is 0 Å². The van der Waals surface area contributed by atoms with E-state index in [9.17, 15) is 4.79 Å². The second-order valence-corrected chi connectivity index (χ2v) is 8.01. The van der Waals surface area contributed by atoms with Crippen molar-refractivity contribution in [3.05, 3.63) is 51.0 Å². The van der Waals surface area contributed by atoms with Crippen molar-refractivity contribution < 1.29 is 4.79 Å². The van der Waals surface area contributed by atoms with Crippen LogP contribution < -0.4 is 5.32 Å². The maximum absolute atomic E-state index is 11.9. The number of carbonyl (C=O) groups excluding carboxylic acids is 1. The number of thiophene rings is 2. The van der Waals surface area contributed by atoms with Gasteiger partial charge in [-0.2, -0.15) is 4.98 Å². The largest absolute Gasteiger partial charge is 0.355 e. The van der Waals surface area contributed by atoms with E-state index in [1.54, 1.807) is 34.0 Å². The van der Waals surface area contributed by atoms with Gasteiger partial charge in [0.05, 0.1) is 17.0 Å². The minimum Gasteiger partial charge on any atom is -0.355 e. The van der Waals surface area contributed by atoms with Crippen LogP contribution in [0.1, 0.15) is 10.6 Å². The highest BCUT2D eigenvalue weighted by Gasteiger charge is 2.12. The minimum atomic E-state index is 0.0572. The summed E-state index contributed by atoms with van der Waals surface area (Å²) in [7, 11) is 0. The Kier molecular flexibility index (Phi) is 4.42. The Labute approximate surface area is 150 Å². The lowest BCUT2D eigenvalue weighted by Crippen LogP contribution is -2.27. The number of aromatic nitrogens is 3. The fourth-order valence-electron chi connectivity index (χ4n) is 2.37. The number of nitrogens with one attached hydrogen (secondary N) is 1. The summed E-state index contributed by atoms with van der Waals surface area (Å²) < 4.78 is 1.88. The second kappa shape index (κ2) is 6.84. The van der Waals surface area contributed by atoms with E-state index in [2.05, 4.69) is 20.8 Å². The van der Waals surface area contributed by atoms with Crippen LogP contribution in [0.5, 0.6) is 0 Å². The van der Waals surface area contributed by atoms with E-state index in [1.165, 1.54) is 0 Å². The molecule has 4 rings (SSSR count). The van der Waals surface area contributed by atoms with E-state index in [4.69, 9.17) is 0 Å². The summed E-state index contributed by atoms with van der Waals surface area (Å²) in [5.41, 5.74) is 1.07. The van der Waals surface area contributed by atoms with Gasteiger partial charge < -0.3 is 5.32 Å². The van der Waals surface area contributed by atoms with Crippen LogP contribution in [0.3, 0.4) is 0 Å². The topological polar surface area (TPSA) is 59.3 Å². The zero-order valence-corrected chi connectivity index (χ0v) is 15.1. The highest BCUT2D eigenvalue weighted by atomic mass is 32.1. The molecule has 4 heterocycles. The Morgan fingerprint density at radius 1 is 1.17 bits per heavy atom. The second-order valence-electron chi connectivity index (χ2n) is 5.19. The van der Waals surface area contributed by atoms with E-state index in [0.29, 0.717) is 13.0 Å². The molecule has 5 nitrogen and oxygen atoms in total. The van der Waals surface area contributed by atoms with E-state index in [1.807, 2.05) is 39.5 Å². The maximum atomic E-state index is 11.9. The van der Waals surface area contributed by atoms with Crippen LogP contribution in [0.2, 0.25) is 0 Å². The van der Waals surface area contributed by atoms with Gasteiger partial charge in [-0.25, -0.2) is 4.52 Å². The first-order valence-electron chi connectivity index (χ1n) is 7.46. The zero-order valence-electron chi connectivity index (χ0n) is 12.6. The molecule has 0 radical (unpaired) electrons. The molecule has 24 heavy (non-hydrogen) atoms. The molecule has 0 atom stereocenters. The molecular formula is C16H14N4OS3. The van der Waals surface area contributed by atoms with Gasteiger partial charge in [0.2, 0.25) is 10.9 Å². The molecule has 0 saturated heterocycles. The van der Waals surface area contributed by atoms with Crippen molar-refractivity contribution in [2.45, 2.75) is 12.8 Å². The number of amides is 1. The van der Waals surface area contributed by atoms with Gasteiger partial charge in [-0.3, -0.25) is 4.79 Å². The minimum absolute atomic E-state index is 0.0572. The Hall–Kier alpha value is -2.03. The van der Waals surface area contributed by atoms with Crippen LogP contribution in [-0.4, -0.2) is 27.0 Å². The normalized spacial score (nSPS) is 11.2. The van der Waals surface area contributed by atoms with E-state index in [-0.39, 0.29) is 5.91 Å². The van der Waals surface area contributed by atoms with Crippen molar-refractivity contribution >= 4 is 44.9 Å². The van der Waals surface area contributed by atoms with E-state index >= 15 is 0 Å². The van der Waals surface area contributed by atoms with Gasteiger partial charge in [-0.05, 0) is 22.9 Å². The van der Waals surface area contributed by atoms with Crippen molar-refractivity contribution in [3.63, 3.8) is 0 Å². The molecule has 0 bridgehead atoms. The number of carbonyl (C=O) groups is 1. The van der Waals surface area contributed by atoms with Crippen molar-refractivity contribution in [1.82, 2.24) is 19.9 Å². The highest BCUT2D eigenvalue weighted by molar-refractivity contribution is 7.15. The monoisotopic (exact) mass is 374 g/mol. The summed E-state index contributed by atoms with van der Waals surface area (Å²) >= 11 is 4.82. The highest BCUT2D eigenvalue weighted by Crippen LogP contribution is 2.24. The Balaban J connectivity index is 1.39. The first-order valence-corrected chi connectivity index (χ1v) is 10.1. The number of fused-ring (bicyclic) bond motifs is 1. The quantitative estimate of drug-likeness (QED) is 0.562. The standard InChI is InChI=1S/C16H14N4OS3/c21-14(9-12-3-1-7-22-12)17-6-5-11-10-24-16-18-15(19-20(11)16)13-4-2-8-23-13/h1-4,7-8,10H,5-6,9H2,(H,17,21). The third kappa shape index (κ3) is 3.26. The summed E-state index contributed by atoms with van der Waals surface area (Å²) in [4.78, 5) is 19.5. The molecule has 1 N–H and O–H groups in total. The van der Waals surface area contributed by atoms with E-state index < -0.39 is 0 Å². The number of hydrogen-bond donors (Lipinski definition) is 1. The lowest BCUT2D eigenvalue weighted by molar-refractivity contribution is -0.120. The smallest absolute Gasteiger partial charge is 0.225 e. The lowest BCUT2D eigenvalue weighted by atomic mass is 10.3. The average molecular weight is 375 g/mol. The molecule has 8 heteroatoms. The number of thiazole rings is 1. The third-order valence-corrected chi connectivity index (χ3v) is 6.12. The molecule has 0 spiro atoms. The number of rotatable bonds is 6. The third-order valence-electron chi connectivity index (χ3n) is 3.51. The van der Waals surface area contributed by atoms with Crippen LogP contribution in [0.4, 0.5) is 0 Å².